The van der Waals surface area contributed by atoms with Gasteiger partial charge in [0.25, 0.3) is 5.91 Å². The molecule has 6 heteroatoms. The van der Waals surface area contributed by atoms with Crippen molar-refractivity contribution in [2.75, 3.05) is 12.4 Å². The van der Waals surface area contributed by atoms with Crippen LogP contribution >= 0.6 is 0 Å². The number of hydrogen-bond donors (Lipinski definition) is 2. The van der Waals surface area contributed by atoms with E-state index in [-0.39, 0.29) is 5.91 Å². The molecule has 0 aliphatic heterocycles. The number of nitrogens with one attached hydrogen (secondary N) is 2. The molecule has 5 rings (SSSR count). The monoisotopic (exact) mass is 471 g/mol. The Kier molecular flexibility index (Phi) is 5.83. The standard InChI is InChI=1S/C30H25N5O/c1-30(2,18-31)22-9-11-23(12-10-22)35-28-24-15-19(8-13-27(24)34-17-25(28)29(36)32-3)21-14-20-6-4-5-7-26(20)33-16-21/h4-17H,1-3H3,(H,32,36)(H,34,35). The lowest BCUT2D eigenvalue weighted by Gasteiger charge is -2.18. The summed E-state index contributed by atoms with van der Waals surface area (Å²) in [5.41, 5.74) is 5.93. The number of carbonyl (C=O) groups excluding carboxylic acids is 1. The first-order valence-corrected chi connectivity index (χ1v) is 11.7. The van der Waals surface area contributed by atoms with Gasteiger partial charge in [-0.2, -0.15) is 5.26 Å². The number of benzene rings is 3. The predicted octanol–water partition coefficient (Wildman–Crippen LogP) is 6.35. The zero-order valence-corrected chi connectivity index (χ0v) is 20.3. The molecule has 0 saturated carbocycles. The summed E-state index contributed by atoms with van der Waals surface area (Å²) < 4.78 is 0. The molecule has 2 aromatic heterocycles. The van der Waals surface area contributed by atoms with Gasteiger partial charge in [-0.05, 0) is 61.4 Å². The largest absolute Gasteiger partial charge is 0.355 e. The maximum Gasteiger partial charge on any atom is 0.254 e. The van der Waals surface area contributed by atoms with Crippen molar-refractivity contribution in [1.82, 2.24) is 15.3 Å². The van der Waals surface area contributed by atoms with Crippen LogP contribution in [0.4, 0.5) is 11.4 Å². The van der Waals surface area contributed by atoms with Crippen LogP contribution in [0.1, 0.15) is 29.8 Å². The molecular formula is C30H25N5O. The Bertz CT molecular complexity index is 1650. The molecular weight excluding hydrogens is 446 g/mol. The van der Waals surface area contributed by atoms with Crippen molar-refractivity contribution in [3.8, 4) is 17.2 Å². The zero-order chi connectivity index (χ0) is 25.3. The Labute approximate surface area is 209 Å². The van der Waals surface area contributed by atoms with Crippen molar-refractivity contribution in [2.45, 2.75) is 19.3 Å². The third kappa shape index (κ3) is 4.23. The van der Waals surface area contributed by atoms with Gasteiger partial charge in [-0.1, -0.05) is 36.4 Å². The van der Waals surface area contributed by atoms with Crippen LogP contribution in [0.25, 0.3) is 32.9 Å². The first-order valence-electron chi connectivity index (χ1n) is 11.7. The van der Waals surface area contributed by atoms with Crippen molar-refractivity contribution < 1.29 is 4.79 Å². The molecule has 0 bridgehead atoms. The molecule has 0 saturated heterocycles. The maximum absolute atomic E-state index is 12.8. The molecule has 3 aromatic carbocycles. The lowest BCUT2D eigenvalue weighted by atomic mass is 9.86. The number of nitriles is 1. The number of anilines is 2. The zero-order valence-electron chi connectivity index (χ0n) is 20.3. The molecule has 6 nitrogen and oxygen atoms in total. The number of carbonyl (C=O) groups is 1. The van der Waals surface area contributed by atoms with E-state index in [0.29, 0.717) is 11.3 Å². The fourth-order valence-electron chi connectivity index (χ4n) is 4.22. The van der Waals surface area contributed by atoms with Gasteiger partial charge in [0.2, 0.25) is 0 Å². The van der Waals surface area contributed by atoms with E-state index in [1.165, 1.54) is 0 Å². The lowest BCUT2D eigenvalue weighted by Crippen LogP contribution is -2.19. The molecule has 0 aliphatic rings. The van der Waals surface area contributed by atoms with Crippen LogP contribution in [-0.2, 0) is 5.41 Å². The summed E-state index contributed by atoms with van der Waals surface area (Å²) >= 11 is 0. The van der Waals surface area contributed by atoms with Gasteiger partial charge in [0.1, 0.15) is 0 Å². The Morgan fingerprint density at radius 3 is 2.39 bits per heavy atom. The van der Waals surface area contributed by atoms with Gasteiger partial charge in [0.05, 0.1) is 33.8 Å². The van der Waals surface area contributed by atoms with Crippen molar-refractivity contribution >= 4 is 39.1 Å². The fourth-order valence-corrected chi connectivity index (χ4v) is 4.22. The lowest BCUT2D eigenvalue weighted by molar-refractivity contribution is 0.0963. The first kappa shape index (κ1) is 23.0. The van der Waals surface area contributed by atoms with Gasteiger partial charge >= 0.3 is 0 Å². The third-order valence-corrected chi connectivity index (χ3v) is 6.42. The average molecular weight is 472 g/mol. The van der Waals surface area contributed by atoms with E-state index in [9.17, 15) is 10.1 Å². The highest BCUT2D eigenvalue weighted by Gasteiger charge is 2.20. The molecule has 0 fully saturated rings. The van der Waals surface area contributed by atoms with Crippen LogP contribution in [0.5, 0.6) is 0 Å². The predicted molar refractivity (Wildman–Crippen MR) is 144 cm³/mol. The second-order valence-electron chi connectivity index (χ2n) is 9.21. The number of aromatic nitrogens is 2. The van der Waals surface area contributed by atoms with Gasteiger partial charge in [0, 0.05) is 41.5 Å². The van der Waals surface area contributed by atoms with Gasteiger partial charge in [-0.25, -0.2) is 0 Å². The average Bonchev–Trinajstić information content (AvgIpc) is 2.92. The van der Waals surface area contributed by atoms with Crippen molar-refractivity contribution in [2.24, 2.45) is 0 Å². The minimum absolute atomic E-state index is 0.230. The van der Waals surface area contributed by atoms with Gasteiger partial charge in [0.15, 0.2) is 0 Å². The van der Waals surface area contributed by atoms with E-state index in [1.807, 2.05) is 86.8 Å². The molecule has 0 radical (unpaired) electrons. The fraction of sp³-hybridized carbons (Fsp3) is 0.133. The van der Waals surface area contributed by atoms with Crippen molar-refractivity contribution in [1.29, 1.82) is 5.26 Å². The summed E-state index contributed by atoms with van der Waals surface area (Å²) in [6, 6.07) is 26.2. The molecule has 36 heavy (non-hydrogen) atoms. The number of hydrogen-bond acceptors (Lipinski definition) is 5. The van der Waals surface area contributed by atoms with Crippen LogP contribution in [0.15, 0.2) is 85.2 Å². The molecule has 0 spiro atoms. The molecule has 1 amide bonds. The van der Waals surface area contributed by atoms with E-state index in [2.05, 4.69) is 32.7 Å². The molecule has 176 valence electrons. The second kappa shape index (κ2) is 9.12. The van der Waals surface area contributed by atoms with E-state index >= 15 is 0 Å². The second-order valence-corrected chi connectivity index (χ2v) is 9.21. The molecule has 0 unspecified atom stereocenters. The number of pyridine rings is 2. The highest BCUT2D eigenvalue weighted by atomic mass is 16.1. The van der Waals surface area contributed by atoms with Crippen LogP contribution in [-0.4, -0.2) is 22.9 Å². The normalized spacial score (nSPS) is 11.3. The third-order valence-electron chi connectivity index (χ3n) is 6.42. The topological polar surface area (TPSA) is 90.7 Å². The quantitative estimate of drug-likeness (QED) is 0.311. The summed E-state index contributed by atoms with van der Waals surface area (Å²) in [5.74, 6) is -0.230. The summed E-state index contributed by atoms with van der Waals surface area (Å²) in [4.78, 5) is 21.9. The number of fused-ring (bicyclic) bond motifs is 2. The van der Waals surface area contributed by atoms with Crippen LogP contribution in [0.3, 0.4) is 0 Å². The van der Waals surface area contributed by atoms with E-state index in [4.69, 9.17) is 0 Å². The van der Waals surface area contributed by atoms with Gasteiger partial charge in [-0.3, -0.25) is 14.8 Å². The van der Waals surface area contributed by atoms with Crippen LogP contribution < -0.4 is 10.6 Å². The summed E-state index contributed by atoms with van der Waals surface area (Å²) in [5, 5.41) is 17.5. The smallest absolute Gasteiger partial charge is 0.254 e. The number of rotatable bonds is 5. The molecule has 5 aromatic rings. The Morgan fingerprint density at radius 2 is 1.64 bits per heavy atom. The summed E-state index contributed by atoms with van der Waals surface area (Å²) in [7, 11) is 1.60. The Balaban J connectivity index is 1.63. The minimum Gasteiger partial charge on any atom is -0.355 e. The van der Waals surface area contributed by atoms with Crippen LogP contribution in [0, 0.1) is 11.3 Å². The SMILES string of the molecule is CNC(=O)c1cnc2ccc(-c3cnc4ccccc4c3)cc2c1Nc1ccc(C(C)(C)C#N)cc1. The Morgan fingerprint density at radius 1 is 0.889 bits per heavy atom. The summed E-state index contributed by atoms with van der Waals surface area (Å²) in [6.07, 6.45) is 3.45. The molecule has 2 N–H and O–H groups in total. The number of para-hydroxylation sites is 1. The van der Waals surface area contributed by atoms with E-state index < -0.39 is 5.41 Å². The maximum atomic E-state index is 12.8. The molecule has 2 heterocycles. The Hall–Kier alpha value is -4.76. The number of nitrogens with zero attached hydrogens (tertiary/aromatic N) is 3. The van der Waals surface area contributed by atoms with Crippen LogP contribution in [0.2, 0.25) is 0 Å². The first-order chi connectivity index (χ1) is 17.4. The van der Waals surface area contributed by atoms with E-state index in [1.54, 1.807) is 13.2 Å². The molecule has 0 aliphatic carbocycles. The number of amides is 1. The minimum atomic E-state index is -0.585. The summed E-state index contributed by atoms with van der Waals surface area (Å²) in [6.45, 7) is 3.78. The van der Waals surface area contributed by atoms with Crippen molar-refractivity contribution in [3.05, 3.63) is 96.3 Å². The molecule has 0 atom stereocenters. The van der Waals surface area contributed by atoms with Gasteiger partial charge in [-0.15, -0.1) is 0 Å². The van der Waals surface area contributed by atoms with Gasteiger partial charge < -0.3 is 10.6 Å². The highest BCUT2D eigenvalue weighted by Crippen LogP contribution is 2.34. The van der Waals surface area contributed by atoms with Crippen molar-refractivity contribution in [3.63, 3.8) is 0 Å². The van der Waals surface area contributed by atoms with E-state index in [0.717, 1.165) is 44.2 Å². The highest BCUT2D eigenvalue weighted by molar-refractivity contribution is 6.08.